The molecule has 0 atom stereocenters. The third-order valence-corrected chi connectivity index (χ3v) is 0.818. The zero-order valence-electron chi connectivity index (χ0n) is 4.15. The average Bonchev–Trinajstić information content (AvgIpc) is 1.77. The van der Waals surface area contributed by atoms with Crippen LogP contribution < -0.4 is 4.73 Å². The maximum absolute atomic E-state index is 8.63. The van der Waals surface area contributed by atoms with E-state index in [1.807, 2.05) is 0 Å². The molecular weight excluding hydrogens is 106 g/mol. The molecule has 0 saturated heterocycles. The molecule has 42 valence electrons. The Labute approximate surface area is 46.4 Å². The summed E-state index contributed by atoms with van der Waals surface area (Å²) >= 11 is 0. The minimum Gasteiger partial charge on any atom is -0.457 e. The molecule has 1 rings (SSSR count). The minimum absolute atomic E-state index is 0.160. The van der Waals surface area contributed by atoms with Crippen LogP contribution in [0.1, 0.15) is 0 Å². The normalized spacial score (nSPS) is 9.00. The molecule has 0 amide bonds. The highest BCUT2D eigenvalue weighted by molar-refractivity contribution is 4.99. The van der Waals surface area contributed by atoms with E-state index in [9.17, 15) is 0 Å². The lowest BCUT2D eigenvalue weighted by Gasteiger charge is -1.81. The fourth-order valence-corrected chi connectivity index (χ4v) is 0.426. The Kier molecular flexibility index (Phi) is 1.04. The van der Waals surface area contributed by atoms with Crippen LogP contribution in [0.5, 0.6) is 5.88 Å². The lowest BCUT2D eigenvalue weighted by Crippen LogP contribution is -2.28. The molecule has 2 N–H and O–H groups in total. The average molecular weight is 112 g/mol. The lowest BCUT2D eigenvalue weighted by molar-refractivity contribution is -0.907. The second-order valence-electron chi connectivity index (χ2n) is 1.40. The van der Waals surface area contributed by atoms with Gasteiger partial charge < -0.3 is 5.11 Å². The number of nitrogens with zero attached hydrogens (tertiary/aromatic N) is 1. The van der Waals surface area contributed by atoms with E-state index in [4.69, 9.17) is 10.3 Å². The minimum atomic E-state index is -0.160. The highest BCUT2D eigenvalue weighted by Gasteiger charge is 2.00. The second kappa shape index (κ2) is 1.69. The molecule has 0 aliphatic carbocycles. The molecule has 0 radical (unpaired) electrons. The van der Waals surface area contributed by atoms with Crippen LogP contribution in [0.25, 0.3) is 0 Å². The molecule has 0 aliphatic heterocycles. The first-order valence-electron chi connectivity index (χ1n) is 2.19. The fourth-order valence-electron chi connectivity index (χ4n) is 0.426. The number of pyridine rings is 1. The number of aromatic nitrogens is 1. The summed E-state index contributed by atoms with van der Waals surface area (Å²) in [5.41, 5.74) is 0. The molecule has 0 fully saturated rings. The summed E-state index contributed by atoms with van der Waals surface area (Å²) in [6, 6.07) is 4.63. The molecule has 0 aromatic carbocycles. The predicted molar refractivity (Wildman–Crippen MR) is 25.5 cm³/mol. The van der Waals surface area contributed by atoms with Gasteiger partial charge in [-0.2, -0.15) is 0 Å². The highest BCUT2D eigenvalue weighted by Crippen LogP contribution is 1.93. The van der Waals surface area contributed by atoms with E-state index in [2.05, 4.69) is 0 Å². The Hall–Kier alpha value is -1.25. The van der Waals surface area contributed by atoms with Gasteiger partial charge in [0.15, 0.2) is 0 Å². The van der Waals surface area contributed by atoms with Crippen molar-refractivity contribution < 1.29 is 15.0 Å². The van der Waals surface area contributed by atoms with Crippen molar-refractivity contribution >= 4 is 0 Å². The van der Waals surface area contributed by atoms with Gasteiger partial charge in [0, 0.05) is 10.8 Å². The number of hydrogen-bond donors (Lipinski definition) is 2. The van der Waals surface area contributed by atoms with Crippen molar-refractivity contribution in [3.63, 3.8) is 0 Å². The Balaban J connectivity index is 3.13. The summed E-state index contributed by atoms with van der Waals surface area (Å²) in [4.78, 5) is 0. The van der Waals surface area contributed by atoms with Crippen LogP contribution in [0.3, 0.4) is 0 Å². The van der Waals surface area contributed by atoms with Crippen molar-refractivity contribution in [2.24, 2.45) is 0 Å². The molecule has 0 aliphatic rings. The van der Waals surface area contributed by atoms with Gasteiger partial charge in [0.05, 0.1) is 6.07 Å². The standard InChI is InChI=1S/C5H5NO2/c7-5-3-1-2-4-6(5)8/h1-4,8H/p+1. The van der Waals surface area contributed by atoms with Crippen LogP contribution >= 0.6 is 0 Å². The Morgan fingerprint density at radius 3 is 2.50 bits per heavy atom. The fraction of sp³-hybridized carbons (Fsp3) is 0. The van der Waals surface area contributed by atoms with E-state index >= 15 is 0 Å². The van der Waals surface area contributed by atoms with Crippen LogP contribution in [-0.2, 0) is 0 Å². The van der Waals surface area contributed by atoms with Gasteiger partial charge in [-0.3, -0.25) is 5.21 Å². The summed E-state index contributed by atoms with van der Waals surface area (Å²) in [6.45, 7) is 0. The van der Waals surface area contributed by atoms with Crippen LogP contribution in [-0.4, -0.2) is 10.3 Å². The van der Waals surface area contributed by atoms with Crippen molar-refractivity contribution in [1.82, 2.24) is 0 Å². The van der Waals surface area contributed by atoms with Crippen molar-refractivity contribution in [2.75, 3.05) is 0 Å². The SMILES string of the molecule is Oc1cccc[n+]1O. The smallest absolute Gasteiger partial charge is 0.414 e. The van der Waals surface area contributed by atoms with Gasteiger partial charge in [-0.1, -0.05) is 0 Å². The van der Waals surface area contributed by atoms with Gasteiger partial charge in [-0.15, -0.1) is 0 Å². The summed E-state index contributed by atoms with van der Waals surface area (Å²) in [5.74, 6) is -0.160. The molecule has 0 saturated carbocycles. The quantitative estimate of drug-likeness (QED) is 0.364. The van der Waals surface area contributed by atoms with E-state index in [-0.39, 0.29) is 5.88 Å². The topological polar surface area (TPSA) is 44.3 Å². The molecular formula is C5H6NO2+. The first kappa shape index (κ1) is 4.90. The van der Waals surface area contributed by atoms with Crippen LogP contribution in [0.4, 0.5) is 0 Å². The van der Waals surface area contributed by atoms with E-state index < -0.39 is 0 Å². The van der Waals surface area contributed by atoms with Gasteiger partial charge >= 0.3 is 5.88 Å². The first-order valence-corrected chi connectivity index (χ1v) is 2.19. The van der Waals surface area contributed by atoms with Gasteiger partial charge in [-0.25, -0.2) is 0 Å². The van der Waals surface area contributed by atoms with Crippen LogP contribution in [0.15, 0.2) is 24.4 Å². The monoisotopic (exact) mass is 112 g/mol. The molecule has 1 aromatic rings. The predicted octanol–water partition coefficient (Wildman–Crippen LogP) is -0.0830. The van der Waals surface area contributed by atoms with Gasteiger partial charge in [0.25, 0.3) is 0 Å². The maximum atomic E-state index is 8.63. The van der Waals surface area contributed by atoms with Crippen LogP contribution in [0.2, 0.25) is 0 Å². The molecule has 3 heteroatoms. The van der Waals surface area contributed by atoms with Crippen molar-refractivity contribution in [1.29, 1.82) is 0 Å². The molecule has 1 heterocycles. The summed E-state index contributed by atoms with van der Waals surface area (Å²) < 4.78 is 0.639. The Morgan fingerprint density at radius 1 is 1.38 bits per heavy atom. The van der Waals surface area contributed by atoms with E-state index in [1.54, 1.807) is 12.1 Å². The molecule has 8 heavy (non-hydrogen) atoms. The number of rotatable bonds is 0. The number of aromatic hydroxyl groups is 1. The second-order valence-corrected chi connectivity index (χ2v) is 1.40. The zero-order valence-corrected chi connectivity index (χ0v) is 4.15. The lowest BCUT2D eigenvalue weighted by atomic mass is 10.5. The molecule has 0 unspecified atom stereocenters. The Bertz CT molecular complexity index is 167. The first-order chi connectivity index (χ1) is 3.80. The highest BCUT2D eigenvalue weighted by atomic mass is 16.5. The van der Waals surface area contributed by atoms with Gasteiger partial charge in [0.2, 0.25) is 6.20 Å². The third kappa shape index (κ3) is 0.703. The number of hydrogen-bond acceptors (Lipinski definition) is 2. The molecule has 1 aromatic heterocycles. The summed E-state index contributed by atoms with van der Waals surface area (Å²) in [7, 11) is 0. The molecule has 0 spiro atoms. The van der Waals surface area contributed by atoms with Crippen molar-refractivity contribution in [3.05, 3.63) is 24.4 Å². The van der Waals surface area contributed by atoms with E-state index in [0.717, 1.165) is 0 Å². The van der Waals surface area contributed by atoms with E-state index in [0.29, 0.717) is 4.73 Å². The zero-order chi connectivity index (χ0) is 5.98. The molecule has 3 nitrogen and oxygen atoms in total. The Morgan fingerprint density at radius 2 is 2.12 bits per heavy atom. The van der Waals surface area contributed by atoms with Gasteiger partial charge in [-0.05, 0) is 6.07 Å². The summed E-state index contributed by atoms with van der Waals surface area (Å²) in [6.07, 6.45) is 1.34. The van der Waals surface area contributed by atoms with Crippen molar-refractivity contribution in [3.8, 4) is 5.88 Å². The summed E-state index contributed by atoms with van der Waals surface area (Å²) in [5, 5.41) is 17.2. The maximum Gasteiger partial charge on any atom is 0.414 e. The van der Waals surface area contributed by atoms with Crippen molar-refractivity contribution in [2.45, 2.75) is 0 Å². The van der Waals surface area contributed by atoms with E-state index in [1.165, 1.54) is 12.3 Å². The van der Waals surface area contributed by atoms with Gasteiger partial charge in [0.1, 0.15) is 0 Å². The largest absolute Gasteiger partial charge is 0.457 e. The molecule has 0 bridgehead atoms. The third-order valence-electron chi connectivity index (χ3n) is 0.818. The van der Waals surface area contributed by atoms with Crippen LogP contribution in [0, 0.1) is 0 Å².